The molecule has 0 saturated heterocycles. The maximum absolute atomic E-state index is 12.4. The number of anilines is 1. The Balaban J connectivity index is 2.00. The van der Waals surface area contributed by atoms with Gasteiger partial charge in [0.05, 0.1) is 12.8 Å². The molecule has 30 heavy (non-hydrogen) atoms. The molecule has 0 aliphatic carbocycles. The number of benzene rings is 3. The van der Waals surface area contributed by atoms with Crippen LogP contribution in [0.5, 0.6) is 0 Å². The minimum absolute atomic E-state index is 0.243. The highest BCUT2D eigenvalue weighted by atomic mass is 16.5. The fourth-order valence-electron chi connectivity index (χ4n) is 3.81. The number of aromatic nitrogens is 2. The van der Waals surface area contributed by atoms with E-state index in [-0.39, 0.29) is 5.69 Å². The Morgan fingerprint density at radius 2 is 1.27 bits per heavy atom. The second-order valence-corrected chi connectivity index (χ2v) is 7.03. The summed E-state index contributed by atoms with van der Waals surface area (Å²) < 4.78 is 6.58. The summed E-state index contributed by atoms with van der Waals surface area (Å²) in [6.45, 7) is 0. The zero-order valence-electron chi connectivity index (χ0n) is 16.9. The van der Waals surface area contributed by atoms with Crippen molar-refractivity contribution in [2.75, 3.05) is 12.4 Å². The normalized spacial score (nSPS) is 11.1. The van der Waals surface area contributed by atoms with E-state index < -0.39 is 11.5 Å². The van der Waals surface area contributed by atoms with Gasteiger partial charge in [-0.1, -0.05) is 91.0 Å². The zero-order chi connectivity index (χ0) is 21.0. The van der Waals surface area contributed by atoms with Gasteiger partial charge in [0.15, 0.2) is 5.69 Å². The summed E-state index contributed by atoms with van der Waals surface area (Å²) in [5.41, 5.74) is 3.23. The standard InChI is InChI=1S/C25H23N3O2/c1-28-18-22(23(27-28)24(29)30-2)26-25(19-12-6-3-7-13-19,20-14-8-4-9-15-20)21-16-10-5-11-17-21/h3-18,26H,1-2H3. The molecule has 0 bridgehead atoms. The lowest BCUT2D eigenvalue weighted by molar-refractivity contribution is 0.0594. The van der Waals surface area contributed by atoms with Crippen LogP contribution in [-0.4, -0.2) is 22.9 Å². The SMILES string of the molecule is COC(=O)c1nn(C)cc1NC(c1ccccc1)(c1ccccc1)c1ccccc1. The Labute approximate surface area is 175 Å². The molecule has 0 aliphatic heterocycles. The van der Waals surface area contributed by atoms with Crippen molar-refractivity contribution >= 4 is 11.7 Å². The molecule has 5 nitrogen and oxygen atoms in total. The third-order valence-corrected chi connectivity index (χ3v) is 5.15. The number of nitrogens with one attached hydrogen (secondary N) is 1. The van der Waals surface area contributed by atoms with Crippen LogP contribution in [0.4, 0.5) is 5.69 Å². The molecule has 0 amide bonds. The van der Waals surface area contributed by atoms with E-state index in [4.69, 9.17) is 4.74 Å². The Bertz CT molecular complexity index is 1030. The number of rotatable bonds is 6. The monoisotopic (exact) mass is 397 g/mol. The molecule has 0 radical (unpaired) electrons. The van der Waals surface area contributed by atoms with Gasteiger partial charge in [0.25, 0.3) is 0 Å². The summed E-state index contributed by atoms with van der Waals surface area (Å²) in [7, 11) is 3.15. The second-order valence-electron chi connectivity index (χ2n) is 7.03. The van der Waals surface area contributed by atoms with E-state index in [9.17, 15) is 4.79 Å². The van der Waals surface area contributed by atoms with Crippen LogP contribution in [0.1, 0.15) is 27.2 Å². The first-order valence-corrected chi connectivity index (χ1v) is 9.72. The van der Waals surface area contributed by atoms with Crippen molar-refractivity contribution in [1.29, 1.82) is 0 Å². The smallest absolute Gasteiger partial charge is 0.360 e. The number of hydrogen-bond acceptors (Lipinski definition) is 4. The lowest BCUT2D eigenvalue weighted by Gasteiger charge is -2.37. The molecular weight excluding hydrogens is 374 g/mol. The molecule has 1 N–H and O–H groups in total. The molecule has 4 aromatic rings. The molecule has 150 valence electrons. The number of carbonyl (C=O) groups is 1. The first-order valence-electron chi connectivity index (χ1n) is 9.72. The number of hydrogen-bond donors (Lipinski definition) is 1. The average Bonchev–Trinajstić information content (AvgIpc) is 3.18. The van der Waals surface area contributed by atoms with E-state index in [1.165, 1.54) is 7.11 Å². The molecule has 3 aromatic carbocycles. The van der Waals surface area contributed by atoms with E-state index in [0.29, 0.717) is 5.69 Å². The summed E-state index contributed by atoms with van der Waals surface area (Å²) in [4.78, 5) is 12.4. The number of aryl methyl sites for hydroxylation is 1. The predicted molar refractivity (Wildman–Crippen MR) is 117 cm³/mol. The molecule has 0 atom stereocenters. The van der Waals surface area contributed by atoms with E-state index in [0.717, 1.165) is 16.7 Å². The van der Waals surface area contributed by atoms with Crippen LogP contribution < -0.4 is 5.32 Å². The fourth-order valence-corrected chi connectivity index (χ4v) is 3.81. The van der Waals surface area contributed by atoms with E-state index in [2.05, 4.69) is 46.8 Å². The topological polar surface area (TPSA) is 56.1 Å². The van der Waals surface area contributed by atoms with Gasteiger partial charge >= 0.3 is 5.97 Å². The molecule has 1 aromatic heterocycles. The summed E-state index contributed by atoms with van der Waals surface area (Å²) >= 11 is 0. The Morgan fingerprint density at radius 3 is 1.67 bits per heavy atom. The van der Waals surface area contributed by atoms with Crippen molar-refractivity contribution in [3.63, 3.8) is 0 Å². The third kappa shape index (κ3) is 3.46. The van der Waals surface area contributed by atoms with Crippen molar-refractivity contribution in [3.8, 4) is 0 Å². The van der Waals surface area contributed by atoms with Gasteiger partial charge < -0.3 is 10.1 Å². The Kier molecular flexibility index (Phi) is 5.35. The van der Waals surface area contributed by atoms with Crippen molar-refractivity contribution in [2.24, 2.45) is 7.05 Å². The molecule has 0 spiro atoms. The zero-order valence-corrected chi connectivity index (χ0v) is 16.9. The van der Waals surface area contributed by atoms with Crippen LogP contribution in [0.15, 0.2) is 97.2 Å². The minimum Gasteiger partial charge on any atom is -0.464 e. The van der Waals surface area contributed by atoms with Crippen LogP contribution in [-0.2, 0) is 17.3 Å². The minimum atomic E-state index is -0.740. The quantitative estimate of drug-likeness (QED) is 0.381. The summed E-state index contributed by atoms with van der Waals surface area (Å²) in [6.07, 6.45) is 1.80. The molecule has 0 unspecified atom stereocenters. The summed E-state index contributed by atoms with van der Waals surface area (Å²) in [5.74, 6) is -0.485. The van der Waals surface area contributed by atoms with E-state index in [1.807, 2.05) is 54.6 Å². The van der Waals surface area contributed by atoms with Gasteiger partial charge in [-0.3, -0.25) is 4.68 Å². The highest BCUT2D eigenvalue weighted by Crippen LogP contribution is 2.40. The van der Waals surface area contributed by atoms with Crippen LogP contribution in [0, 0.1) is 0 Å². The van der Waals surface area contributed by atoms with Crippen LogP contribution >= 0.6 is 0 Å². The van der Waals surface area contributed by atoms with Gasteiger partial charge in [0, 0.05) is 13.2 Å². The highest BCUT2D eigenvalue weighted by Gasteiger charge is 2.38. The van der Waals surface area contributed by atoms with Crippen LogP contribution in [0.3, 0.4) is 0 Å². The number of nitrogens with zero attached hydrogens (tertiary/aromatic N) is 2. The molecule has 4 rings (SSSR count). The van der Waals surface area contributed by atoms with Gasteiger partial charge in [-0.05, 0) is 16.7 Å². The molecule has 0 saturated carbocycles. The molecule has 0 fully saturated rings. The van der Waals surface area contributed by atoms with E-state index in [1.54, 1.807) is 17.9 Å². The van der Waals surface area contributed by atoms with Crippen molar-refractivity contribution < 1.29 is 9.53 Å². The molecule has 1 heterocycles. The summed E-state index contributed by atoms with van der Waals surface area (Å²) in [5, 5.41) is 7.99. The second kappa shape index (κ2) is 8.25. The van der Waals surface area contributed by atoms with Crippen molar-refractivity contribution in [2.45, 2.75) is 5.54 Å². The first-order chi connectivity index (χ1) is 14.6. The van der Waals surface area contributed by atoms with Crippen molar-refractivity contribution in [3.05, 3.63) is 120 Å². The highest BCUT2D eigenvalue weighted by molar-refractivity contribution is 5.93. The number of esters is 1. The summed E-state index contributed by atoms with van der Waals surface area (Å²) in [6, 6.07) is 30.6. The Hall–Kier alpha value is -3.86. The van der Waals surface area contributed by atoms with Gasteiger partial charge in [-0.25, -0.2) is 4.79 Å². The fraction of sp³-hybridized carbons (Fsp3) is 0.120. The van der Waals surface area contributed by atoms with Crippen LogP contribution in [0.2, 0.25) is 0 Å². The maximum atomic E-state index is 12.4. The maximum Gasteiger partial charge on any atom is 0.360 e. The lowest BCUT2D eigenvalue weighted by Crippen LogP contribution is -2.38. The molecule has 0 aliphatic rings. The number of ether oxygens (including phenoxy) is 1. The van der Waals surface area contributed by atoms with E-state index >= 15 is 0 Å². The molecule has 5 heteroatoms. The van der Waals surface area contributed by atoms with Gasteiger partial charge in [-0.2, -0.15) is 5.10 Å². The predicted octanol–water partition coefficient (Wildman–Crippen LogP) is 4.61. The van der Waals surface area contributed by atoms with Gasteiger partial charge in [0.1, 0.15) is 5.54 Å². The van der Waals surface area contributed by atoms with Crippen molar-refractivity contribution in [1.82, 2.24) is 9.78 Å². The largest absolute Gasteiger partial charge is 0.464 e. The lowest BCUT2D eigenvalue weighted by atomic mass is 9.77. The van der Waals surface area contributed by atoms with Gasteiger partial charge in [0.2, 0.25) is 0 Å². The average molecular weight is 397 g/mol. The number of methoxy groups -OCH3 is 1. The number of carbonyl (C=O) groups excluding carboxylic acids is 1. The molecular formula is C25H23N3O2. The first kappa shape index (κ1) is 19.5. The Morgan fingerprint density at radius 1 is 0.833 bits per heavy atom. The van der Waals surface area contributed by atoms with Crippen LogP contribution in [0.25, 0.3) is 0 Å². The third-order valence-electron chi connectivity index (χ3n) is 5.15. The van der Waals surface area contributed by atoms with Gasteiger partial charge in [-0.15, -0.1) is 0 Å².